The Labute approximate surface area is 137 Å². The number of rotatable bonds is 4. The lowest BCUT2D eigenvalue weighted by Crippen LogP contribution is -2.28. The molecule has 23 heavy (non-hydrogen) atoms. The minimum absolute atomic E-state index is 0.130. The zero-order valence-corrected chi connectivity index (χ0v) is 13.9. The van der Waals surface area contributed by atoms with E-state index in [9.17, 15) is 14.9 Å². The van der Waals surface area contributed by atoms with Crippen LogP contribution in [0.25, 0.3) is 0 Å². The number of nitrogens with zero attached hydrogens (tertiary/aromatic N) is 1. The maximum Gasteiger partial charge on any atom is 0.377 e. The summed E-state index contributed by atoms with van der Waals surface area (Å²) in [5.74, 6) is -0.809. The number of hydrogen-bond donors (Lipinski definition) is 1. The Hall–Kier alpha value is -2.15. The fraction of sp³-hybridized carbons (Fsp3) is 0.526. The van der Waals surface area contributed by atoms with Gasteiger partial charge in [0.2, 0.25) is 0 Å². The molecule has 0 spiro atoms. The molecule has 1 N–H and O–H groups in total. The second-order valence-corrected chi connectivity index (χ2v) is 6.98. The molecule has 0 bridgehead atoms. The highest BCUT2D eigenvalue weighted by atomic mass is 16.4. The van der Waals surface area contributed by atoms with Gasteiger partial charge in [0.1, 0.15) is 0 Å². The molecule has 1 aliphatic carbocycles. The molecule has 1 aromatic rings. The molecule has 0 heterocycles. The van der Waals surface area contributed by atoms with Crippen LogP contribution in [0.3, 0.4) is 0 Å². The van der Waals surface area contributed by atoms with E-state index in [1.165, 1.54) is 12.1 Å². The van der Waals surface area contributed by atoms with Gasteiger partial charge >= 0.3 is 5.97 Å². The van der Waals surface area contributed by atoms with Crippen molar-refractivity contribution in [3.8, 4) is 6.07 Å². The SMILES string of the molecule is CC(C)[C@@H]1CC[C@@H](C)C[C@H]1c1cc(C#N)ccc1C(=O)C(=O)O. The molecule has 0 amide bonds. The van der Waals surface area contributed by atoms with E-state index in [1.54, 1.807) is 6.07 Å². The fourth-order valence-electron chi connectivity index (χ4n) is 3.82. The van der Waals surface area contributed by atoms with E-state index in [0.717, 1.165) is 24.8 Å². The van der Waals surface area contributed by atoms with Crippen molar-refractivity contribution in [2.45, 2.75) is 46.0 Å². The molecular formula is C19H23NO3. The van der Waals surface area contributed by atoms with Crippen LogP contribution in [0.4, 0.5) is 0 Å². The lowest BCUT2D eigenvalue weighted by molar-refractivity contribution is -0.131. The van der Waals surface area contributed by atoms with E-state index >= 15 is 0 Å². The first-order chi connectivity index (χ1) is 10.8. The predicted octanol–water partition coefficient (Wildman–Crippen LogP) is 4.00. The topological polar surface area (TPSA) is 78.2 Å². The van der Waals surface area contributed by atoms with Gasteiger partial charge in [-0.15, -0.1) is 0 Å². The molecule has 0 aromatic heterocycles. The van der Waals surface area contributed by atoms with E-state index in [1.807, 2.05) is 0 Å². The Morgan fingerprint density at radius 2 is 2.00 bits per heavy atom. The molecule has 4 nitrogen and oxygen atoms in total. The van der Waals surface area contributed by atoms with Gasteiger partial charge in [0.15, 0.2) is 0 Å². The molecule has 0 radical (unpaired) electrons. The first kappa shape index (κ1) is 17.2. The van der Waals surface area contributed by atoms with Crippen molar-refractivity contribution in [2.75, 3.05) is 0 Å². The number of carboxylic acid groups (broad SMARTS) is 1. The number of carboxylic acids is 1. The Kier molecular flexibility index (Phi) is 5.20. The van der Waals surface area contributed by atoms with Crippen LogP contribution in [0.2, 0.25) is 0 Å². The maximum absolute atomic E-state index is 12.1. The van der Waals surface area contributed by atoms with Crippen molar-refractivity contribution < 1.29 is 14.7 Å². The van der Waals surface area contributed by atoms with Crippen LogP contribution in [0, 0.1) is 29.1 Å². The molecule has 1 aliphatic rings. The quantitative estimate of drug-likeness (QED) is 0.673. The van der Waals surface area contributed by atoms with E-state index < -0.39 is 11.8 Å². The number of hydrogen-bond acceptors (Lipinski definition) is 3. The van der Waals surface area contributed by atoms with Gasteiger partial charge in [-0.25, -0.2) is 4.79 Å². The number of carbonyl (C=O) groups excluding carboxylic acids is 1. The first-order valence-corrected chi connectivity index (χ1v) is 8.16. The third-order valence-corrected chi connectivity index (χ3v) is 5.04. The van der Waals surface area contributed by atoms with Crippen LogP contribution in [-0.2, 0) is 4.79 Å². The van der Waals surface area contributed by atoms with Crippen molar-refractivity contribution in [2.24, 2.45) is 17.8 Å². The molecule has 3 atom stereocenters. The van der Waals surface area contributed by atoms with E-state index in [2.05, 4.69) is 26.8 Å². The van der Waals surface area contributed by atoms with E-state index in [4.69, 9.17) is 5.11 Å². The molecule has 1 saturated carbocycles. The number of nitriles is 1. The lowest BCUT2D eigenvalue weighted by Gasteiger charge is -2.38. The van der Waals surface area contributed by atoms with E-state index in [-0.39, 0.29) is 11.5 Å². The lowest BCUT2D eigenvalue weighted by atomic mass is 9.66. The van der Waals surface area contributed by atoms with Crippen LogP contribution >= 0.6 is 0 Å². The molecule has 0 saturated heterocycles. The molecule has 2 rings (SSSR count). The van der Waals surface area contributed by atoms with Crippen LogP contribution in [0.1, 0.15) is 67.4 Å². The number of benzene rings is 1. The highest BCUT2D eigenvalue weighted by Crippen LogP contribution is 2.45. The normalized spacial score (nSPS) is 24.2. The van der Waals surface area contributed by atoms with Gasteiger partial charge < -0.3 is 5.11 Å². The highest BCUT2D eigenvalue weighted by molar-refractivity contribution is 6.40. The largest absolute Gasteiger partial charge is 0.475 e. The Morgan fingerprint density at radius 1 is 1.30 bits per heavy atom. The van der Waals surface area contributed by atoms with Gasteiger partial charge in [-0.2, -0.15) is 5.26 Å². The van der Waals surface area contributed by atoms with Gasteiger partial charge in [-0.05, 0) is 60.3 Å². The Morgan fingerprint density at radius 3 is 2.57 bits per heavy atom. The third-order valence-electron chi connectivity index (χ3n) is 5.04. The van der Waals surface area contributed by atoms with Crippen LogP contribution < -0.4 is 0 Å². The summed E-state index contributed by atoms with van der Waals surface area (Å²) in [5, 5.41) is 18.3. The number of Topliss-reactive ketones (excluding diaryl/α,β-unsaturated/α-hetero) is 1. The summed E-state index contributed by atoms with van der Waals surface area (Å²) in [6.07, 6.45) is 3.15. The van der Waals surface area contributed by atoms with Crippen LogP contribution in [-0.4, -0.2) is 16.9 Å². The fourth-order valence-corrected chi connectivity index (χ4v) is 3.82. The van der Waals surface area contributed by atoms with Crippen LogP contribution in [0.15, 0.2) is 18.2 Å². The maximum atomic E-state index is 12.1. The van der Waals surface area contributed by atoms with Crippen molar-refractivity contribution in [1.29, 1.82) is 5.26 Å². The number of aliphatic carboxylic acids is 1. The molecule has 4 heteroatoms. The van der Waals surface area contributed by atoms with Crippen molar-refractivity contribution in [3.05, 3.63) is 34.9 Å². The summed E-state index contributed by atoms with van der Waals surface area (Å²) in [7, 11) is 0. The summed E-state index contributed by atoms with van der Waals surface area (Å²) >= 11 is 0. The monoisotopic (exact) mass is 313 g/mol. The zero-order valence-electron chi connectivity index (χ0n) is 13.9. The average Bonchev–Trinajstić information content (AvgIpc) is 2.53. The molecular weight excluding hydrogens is 290 g/mol. The summed E-state index contributed by atoms with van der Waals surface area (Å²) in [6.45, 7) is 6.53. The highest BCUT2D eigenvalue weighted by Gasteiger charge is 2.34. The summed E-state index contributed by atoms with van der Waals surface area (Å²) < 4.78 is 0. The first-order valence-electron chi connectivity index (χ1n) is 8.16. The van der Waals surface area contributed by atoms with Gasteiger partial charge in [-0.3, -0.25) is 4.79 Å². The number of ketones is 1. The van der Waals surface area contributed by atoms with Crippen LogP contribution in [0.5, 0.6) is 0 Å². The van der Waals surface area contributed by atoms with Gasteiger partial charge in [0, 0.05) is 5.56 Å². The molecule has 0 aliphatic heterocycles. The average molecular weight is 313 g/mol. The van der Waals surface area contributed by atoms with Crippen molar-refractivity contribution in [3.63, 3.8) is 0 Å². The zero-order chi connectivity index (χ0) is 17.1. The Balaban J connectivity index is 2.55. The second kappa shape index (κ2) is 6.95. The molecule has 0 unspecified atom stereocenters. The smallest absolute Gasteiger partial charge is 0.377 e. The van der Waals surface area contributed by atoms with E-state index in [0.29, 0.717) is 23.3 Å². The number of carbonyl (C=O) groups is 2. The van der Waals surface area contributed by atoms with Gasteiger partial charge in [0.05, 0.1) is 11.6 Å². The molecule has 1 aromatic carbocycles. The van der Waals surface area contributed by atoms with Crippen molar-refractivity contribution >= 4 is 11.8 Å². The second-order valence-electron chi connectivity index (χ2n) is 6.98. The molecule has 1 fully saturated rings. The summed E-state index contributed by atoms with van der Waals surface area (Å²) in [4.78, 5) is 23.2. The molecule has 122 valence electrons. The predicted molar refractivity (Wildman–Crippen MR) is 87.2 cm³/mol. The minimum Gasteiger partial charge on any atom is -0.475 e. The Bertz CT molecular complexity index is 657. The minimum atomic E-state index is -1.44. The standard InChI is InChI=1S/C19H23NO3/c1-11(2)14-6-4-12(3)8-16(14)17-9-13(10-20)5-7-15(17)18(21)19(22)23/h5,7,9,11-12,14,16H,4,6,8H2,1-3H3,(H,22,23)/t12-,14+,16-/m1/s1. The summed E-state index contributed by atoms with van der Waals surface area (Å²) in [6, 6.07) is 6.84. The van der Waals surface area contributed by atoms with Gasteiger partial charge in [0.25, 0.3) is 5.78 Å². The van der Waals surface area contributed by atoms with Gasteiger partial charge in [-0.1, -0.05) is 27.2 Å². The third kappa shape index (κ3) is 3.61. The van der Waals surface area contributed by atoms with Crippen molar-refractivity contribution in [1.82, 2.24) is 0 Å². The summed E-state index contributed by atoms with van der Waals surface area (Å²) in [5.41, 5.74) is 1.45.